The number of hydrogen-bond acceptors (Lipinski definition) is 2. The Hall–Kier alpha value is -0.450. The van der Waals surface area contributed by atoms with E-state index in [1.165, 1.54) is 0 Å². The van der Waals surface area contributed by atoms with E-state index in [2.05, 4.69) is 10.6 Å². The van der Waals surface area contributed by atoms with E-state index >= 15 is 0 Å². The maximum Gasteiger partial charge on any atom is 0.242 e. The van der Waals surface area contributed by atoms with Crippen LogP contribution >= 0.6 is 34.8 Å². The Labute approximate surface area is 115 Å². The average molecular weight is 300 g/mol. The minimum Gasteiger partial charge on any atom is -0.349 e. The molecule has 17 heavy (non-hydrogen) atoms. The molecule has 0 bridgehead atoms. The number of carbonyl (C=O) groups is 2. The smallest absolute Gasteiger partial charge is 0.242 e. The Morgan fingerprint density at radius 2 is 2.06 bits per heavy atom. The van der Waals surface area contributed by atoms with Crippen LogP contribution in [0.5, 0.6) is 0 Å². The van der Waals surface area contributed by atoms with Crippen molar-refractivity contribution in [2.45, 2.75) is 31.7 Å². The molecule has 0 radical (unpaired) electrons. The number of nitrogens with one attached hydrogen (secondary N) is 2. The molecule has 2 N–H and O–H groups in total. The van der Waals surface area contributed by atoms with Crippen molar-refractivity contribution in [2.75, 3.05) is 6.54 Å². The van der Waals surface area contributed by atoms with Gasteiger partial charge in [0.15, 0.2) is 0 Å². The van der Waals surface area contributed by atoms with Crippen molar-refractivity contribution in [2.24, 2.45) is 0 Å². The molecule has 0 spiro atoms. The number of amides is 2. The van der Waals surface area contributed by atoms with E-state index in [1.807, 2.05) is 0 Å². The molecule has 1 atom stereocenters. The molecular weight excluding hydrogens is 286 g/mol. The summed E-state index contributed by atoms with van der Waals surface area (Å²) in [6.45, 7) is 0.0646. The van der Waals surface area contributed by atoms with Crippen molar-refractivity contribution in [3.05, 3.63) is 9.52 Å². The van der Waals surface area contributed by atoms with E-state index in [0.717, 1.165) is 12.8 Å². The SMILES string of the molecule is O=C1CCCCC(C(=O)NCC(Cl)=C(Cl)Cl)N1. The van der Waals surface area contributed by atoms with Crippen LogP contribution in [0.3, 0.4) is 0 Å². The predicted octanol–water partition coefficient (Wildman–Crippen LogP) is 2.05. The second kappa shape index (κ2) is 7.09. The highest BCUT2D eigenvalue weighted by molar-refractivity contribution is 6.59. The zero-order valence-electron chi connectivity index (χ0n) is 9.06. The first-order valence-electron chi connectivity index (χ1n) is 5.27. The minimum atomic E-state index is -0.497. The minimum absolute atomic E-state index is 0.0646. The van der Waals surface area contributed by atoms with Gasteiger partial charge in [-0.05, 0) is 12.8 Å². The largest absolute Gasteiger partial charge is 0.349 e. The number of halogens is 3. The van der Waals surface area contributed by atoms with E-state index in [-0.39, 0.29) is 27.9 Å². The average Bonchev–Trinajstić information content (AvgIpc) is 2.50. The third-order valence-electron chi connectivity index (χ3n) is 2.42. The molecule has 0 aromatic heterocycles. The quantitative estimate of drug-likeness (QED) is 0.838. The molecular formula is C10H13Cl3N2O2. The van der Waals surface area contributed by atoms with E-state index < -0.39 is 6.04 Å². The predicted molar refractivity (Wildman–Crippen MR) is 68.0 cm³/mol. The van der Waals surface area contributed by atoms with Crippen molar-refractivity contribution in [1.29, 1.82) is 0 Å². The molecule has 1 fully saturated rings. The van der Waals surface area contributed by atoms with Gasteiger partial charge < -0.3 is 10.6 Å². The molecule has 0 aliphatic carbocycles. The van der Waals surface area contributed by atoms with E-state index in [0.29, 0.717) is 12.8 Å². The van der Waals surface area contributed by atoms with Gasteiger partial charge in [0.2, 0.25) is 11.8 Å². The van der Waals surface area contributed by atoms with Gasteiger partial charge in [0.1, 0.15) is 10.5 Å². The molecule has 0 aromatic rings. The van der Waals surface area contributed by atoms with Gasteiger partial charge in [0.05, 0.1) is 11.6 Å². The Bertz CT molecular complexity index is 340. The molecule has 1 unspecified atom stereocenters. The van der Waals surface area contributed by atoms with Gasteiger partial charge in [-0.1, -0.05) is 41.2 Å². The molecule has 0 saturated carbocycles. The zero-order valence-corrected chi connectivity index (χ0v) is 11.3. The first kappa shape index (κ1) is 14.6. The van der Waals surface area contributed by atoms with Gasteiger partial charge >= 0.3 is 0 Å². The summed E-state index contributed by atoms with van der Waals surface area (Å²) in [5, 5.41) is 5.39. The Morgan fingerprint density at radius 1 is 1.35 bits per heavy atom. The summed E-state index contributed by atoms with van der Waals surface area (Å²) in [5.74, 6) is -0.368. The number of carbonyl (C=O) groups excluding carboxylic acids is 2. The van der Waals surface area contributed by atoms with Gasteiger partial charge in [0, 0.05) is 6.42 Å². The second-order valence-corrected chi connectivity index (χ2v) is 5.15. The van der Waals surface area contributed by atoms with Crippen molar-refractivity contribution in [3.8, 4) is 0 Å². The number of hydrogen-bond donors (Lipinski definition) is 2. The second-order valence-electron chi connectivity index (χ2n) is 3.75. The molecule has 1 aliphatic rings. The lowest BCUT2D eigenvalue weighted by molar-refractivity contribution is -0.128. The summed E-state index contributed by atoms with van der Waals surface area (Å²) in [7, 11) is 0. The molecule has 0 aromatic carbocycles. The molecule has 96 valence electrons. The molecule has 4 nitrogen and oxygen atoms in total. The first-order chi connectivity index (χ1) is 8.00. The van der Waals surface area contributed by atoms with Crippen LogP contribution < -0.4 is 10.6 Å². The first-order valence-corrected chi connectivity index (χ1v) is 6.41. The maximum absolute atomic E-state index is 11.7. The Balaban J connectivity index is 2.46. The fourth-order valence-electron chi connectivity index (χ4n) is 1.52. The molecule has 2 amide bonds. The van der Waals surface area contributed by atoms with E-state index in [9.17, 15) is 9.59 Å². The fourth-order valence-corrected chi connectivity index (χ4v) is 1.72. The summed E-state index contributed by atoms with van der Waals surface area (Å²) in [6, 6.07) is -0.497. The van der Waals surface area contributed by atoms with Crippen LogP contribution in [0.2, 0.25) is 0 Å². The third-order valence-corrected chi connectivity index (χ3v) is 3.39. The third kappa shape index (κ3) is 5.15. The maximum atomic E-state index is 11.7. The highest BCUT2D eigenvalue weighted by Gasteiger charge is 2.22. The van der Waals surface area contributed by atoms with Crippen LogP contribution in [0.4, 0.5) is 0 Å². The Kier molecular flexibility index (Phi) is 6.09. The van der Waals surface area contributed by atoms with Crippen LogP contribution in [-0.2, 0) is 9.59 Å². The van der Waals surface area contributed by atoms with Gasteiger partial charge in [-0.25, -0.2) is 0 Å². The summed E-state index contributed by atoms with van der Waals surface area (Å²) in [5.41, 5.74) is 0. The lowest BCUT2D eigenvalue weighted by Gasteiger charge is -2.15. The molecule has 1 rings (SSSR count). The van der Waals surface area contributed by atoms with Gasteiger partial charge in [0.25, 0.3) is 0 Å². The van der Waals surface area contributed by atoms with Crippen LogP contribution in [0.1, 0.15) is 25.7 Å². The van der Waals surface area contributed by atoms with Crippen LogP contribution in [0.25, 0.3) is 0 Å². The van der Waals surface area contributed by atoms with E-state index in [4.69, 9.17) is 34.8 Å². The van der Waals surface area contributed by atoms with Crippen molar-refractivity contribution in [1.82, 2.24) is 10.6 Å². The fraction of sp³-hybridized carbons (Fsp3) is 0.600. The van der Waals surface area contributed by atoms with Gasteiger partial charge in [-0.15, -0.1) is 0 Å². The van der Waals surface area contributed by atoms with Gasteiger partial charge in [-0.3, -0.25) is 9.59 Å². The number of rotatable bonds is 3. The van der Waals surface area contributed by atoms with Crippen molar-refractivity contribution in [3.63, 3.8) is 0 Å². The highest BCUT2D eigenvalue weighted by Crippen LogP contribution is 2.16. The van der Waals surface area contributed by atoms with Crippen molar-refractivity contribution >= 4 is 46.6 Å². The van der Waals surface area contributed by atoms with E-state index in [1.54, 1.807) is 0 Å². The molecule has 1 aliphatic heterocycles. The van der Waals surface area contributed by atoms with Crippen LogP contribution in [0.15, 0.2) is 9.52 Å². The summed E-state index contributed by atoms with van der Waals surface area (Å²) in [6.07, 6.45) is 2.76. The molecule has 7 heteroatoms. The van der Waals surface area contributed by atoms with Crippen molar-refractivity contribution < 1.29 is 9.59 Å². The van der Waals surface area contributed by atoms with Crippen LogP contribution in [0, 0.1) is 0 Å². The topological polar surface area (TPSA) is 58.2 Å². The summed E-state index contributed by atoms with van der Waals surface area (Å²) >= 11 is 16.6. The molecule has 1 saturated heterocycles. The normalized spacial score (nSPS) is 20.2. The van der Waals surface area contributed by atoms with Gasteiger partial charge in [-0.2, -0.15) is 0 Å². The standard InChI is InChI=1S/C10H13Cl3N2O2/c11-6(9(12)13)5-14-10(17)7-3-1-2-4-8(16)15-7/h7H,1-5H2,(H,14,17)(H,15,16). The summed E-state index contributed by atoms with van der Waals surface area (Å²) < 4.78 is -0.0723. The zero-order chi connectivity index (χ0) is 12.8. The highest BCUT2D eigenvalue weighted by atomic mass is 35.5. The molecule has 1 heterocycles. The van der Waals surface area contributed by atoms with Crippen LogP contribution in [-0.4, -0.2) is 24.4 Å². The Morgan fingerprint density at radius 3 is 2.71 bits per heavy atom. The summed E-state index contributed by atoms with van der Waals surface area (Å²) in [4.78, 5) is 23.0. The lowest BCUT2D eigenvalue weighted by Crippen LogP contribution is -2.45. The monoisotopic (exact) mass is 298 g/mol. The lowest BCUT2D eigenvalue weighted by atomic mass is 10.1.